The van der Waals surface area contributed by atoms with Crippen molar-refractivity contribution in [3.05, 3.63) is 80.9 Å². The number of hydrogen-bond donors (Lipinski definition) is 2. The van der Waals surface area contributed by atoms with Crippen molar-refractivity contribution in [3.8, 4) is 17.6 Å². The van der Waals surface area contributed by atoms with Crippen molar-refractivity contribution in [2.75, 3.05) is 5.88 Å². The summed E-state index contributed by atoms with van der Waals surface area (Å²) in [4.78, 5) is 0. The van der Waals surface area contributed by atoms with Gasteiger partial charge in [-0.15, -0.1) is 11.6 Å². The van der Waals surface area contributed by atoms with Crippen LogP contribution in [0.25, 0.3) is 0 Å². The van der Waals surface area contributed by atoms with Crippen molar-refractivity contribution in [3.63, 3.8) is 0 Å². The summed E-state index contributed by atoms with van der Waals surface area (Å²) in [5.74, 6) is 10.1. The summed E-state index contributed by atoms with van der Waals surface area (Å²) >= 11 is 6.53. The molecule has 1 aromatic rings. The van der Waals surface area contributed by atoms with Gasteiger partial charge in [0.25, 0.3) is 0 Å². The molecule has 5 rings (SSSR count). The molecule has 188 valence electrons. The summed E-state index contributed by atoms with van der Waals surface area (Å²) < 4.78 is 22.5. The molecule has 0 bridgehead atoms. The van der Waals surface area contributed by atoms with E-state index < -0.39 is 5.60 Å². The number of phenols is 1. The normalized spacial score (nSPS) is 33.4. The Balaban J connectivity index is 0.000000864. The quantitative estimate of drug-likeness (QED) is 0.194. The maximum atomic E-state index is 11.7. The molecule has 4 aliphatic rings. The second-order valence-corrected chi connectivity index (χ2v) is 9.89. The van der Waals surface area contributed by atoms with Gasteiger partial charge in [0.2, 0.25) is 0 Å². The number of alkyl halides is 1. The number of aryl methyl sites for hydroxylation is 1. The van der Waals surface area contributed by atoms with Gasteiger partial charge in [0.05, 0.1) is 5.92 Å². The molecule has 0 amide bonds. The zero-order chi connectivity index (χ0) is 26.2. The van der Waals surface area contributed by atoms with Gasteiger partial charge < -0.3 is 10.2 Å². The van der Waals surface area contributed by atoms with Crippen LogP contribution in [0.1, 0.15) is 49.7 Å². The third kappa shape index (κ3) is 6.05. The van der Waals surface area contributed by atoms with E-state index in [-0.39, 0.29) is 25.8 Å². The van der Waals surface area contributed by atoms with Gasteiger partial charge in [-0.3, -0.25) is 0 Å². The fourth-order valence-corrected chi connectivity index (χ4v) is 7.16. The van der Waals surface area contributed by atoms with Crippen LogP contribution in [0.4, 0.5) is 0 Å². The van der Waals surface area contributed by atoms with E-state index in [1.807, 2.05) is 37.8 Å². The molecule has 2 N–H and O–H groups in total. The van der Waals surface area contributed by atoms with Crippen LogP contribution in [0.2, 0.25) is 0 Å². The maximum Gasteiger partial charge on any atom is 0 e. The predicted octanol–water partition coefficient (Wildman–Crippen LogP) is 4.74. The van der Waals surface area contributed by atoms with Gasteiger partial charge >= 0.3 is 33.9 Å². The van der Waals surface area contributed by atoms with E-state index in [9.17, 15) is 10.2 Å². The van der Waals surface area contributed by atoms with Gasteiger partial charge in [0.1, 0.15) is 11.4 Å². The topological polar surface area (TPSA) is 100 Å². The molecule has 1 aromatic carbocycles. The van der Waals surface area contributed by atoms with Crippen LogP contribution in [-0.2, 0) is 40.8 Å². The van der Waals surface area contributed by atoms with Crippen LogP contribution < -0.4 is 0 Å². The van der Waals surface area contributed by atoms with Crippen molar-refractivity contribution in [2.24, 2.45) is 23.2 Å². The van der Waals surface area contributed by atoms with E-state index in [2.05, 4.69) is 44.8 Å². The Labute approximate surface area is 233 Å². The Morgan fingerprint density at radius 2 is 1.72 bits per heavy atom. The average Bonchev–Trinajstić information content (AvgIpc) is 3.52. The molecule has 4 aliphatic carbocycles. The number of aliphatic hydroxyl groups is 1. The minimum Gasteiger partial charge on any atom is 0 e. The zero-order valence-corrected chi connectivity index (χ0v) is 23.4. The van der Waals surface area contributed by atoms with Crippen LogP contribution in [0, 0.1) is 86.6 Å². The molecule has 36 heavy (non-hydrogen) atoms. The van der Waals surface area contributed by atoms with E-state index >= 15 is 0 Å². The largest absolute Gasteiger partial charge is 0 e. The maximum absolute atomic E-state index is 11.7. The van der Waals surface area contributed by atoms with Gasteiger partial charge in [0.15, 0.2) is 0 Å². The average molecular weight is 678 g/mol. The molecular weight excluding hydrogens is 650 g/mol. The molecule has 0 heterocycles. The van der Waals surface area contributed by atoms with Gasteiger partial charge in [-0.05, 0) is 105 Å². The summed E-state index contributed by atoms with van der Waals surface area (Å²) in [7, 11) is 0. The molecule has 3 fully saturated rings. The standard InChI is InChI=1S/C26H28ClO2.3CO.Re/c1-25-15-19(16-27)24-21-9-7-20(28)14-18(21)6-8-22(24)23(25)11-13-26(25,29)12-10-17-4-2-3-5-17;3*1-2;/h2-5,7,9,14,19,22-24,28-29H,6,8,11,13,15-16H2,1H3;;;;/t19?,22-,23-,24?,25-,26?;;;;/m0..../s1. The summed E-state index contributed by atoms with van der Waals surface area (Å²) in [5, 5.41) is 21.7. The first-order valence-electron chi connectivity index (χ1n) is 11.4. The smallest absolute Gasteiger partial charge is 0 e. The van der Waals surface area contributed by atoms with Crippen molar-refractivity contribution in [2.45, 2.75) is 50.5 Å². The molecule has 6 atom stereocenters. The number of fused-ring (bicyclic) bond motifs is 5. The molecule has 0 spiro atoms. The first kappa shape index (κ1) is 32.7. The third-order valence-corrected chi connectivity index (χ3v) is 8.66. The fraction of sp³-hybridized carbons (Fsp3) is 0.448. The Kier molecular flexibility index (Phi) is 13.3. The van der Waals surface area contributed by atoms with Crippen molar-refractivity contribution >= 4 is 11.6 Å². The van der Waals surface area contributed by atoms with Gasteiger partial charge in [-0.2, -0.15) is 0 Å². The summed E-state index contributed by atoms with van der Waals surface area (Å²) in [6.07, 6.45) is 12.7. The second kappa shape index (κ2) is 14.6. The van der Waals surface area contributed by atoms with E-state index in [1.165, 1.54) is 11.1 Å². The summed E-state index contributed by atoms with van der Waals surface area (Å²) in [6.45, 7) is 15.8. The third-order valence-electron chi connectivity index (χ3n) is 8.26. The number of aromatic hydroxyl groups is 1. The molecule has 6 radical (unpaired) electrons. The monoisotopic (exact) mass is 678 g/mol. The second-order valence-electron chi connectivity index (χ2n) is 9.58. The van der Waals surface area contributed by atoms with Crippen molar-refractivity contribution in [1.29, 1.82) is 0 Å². The Bertz CT molecular complexity index is 975. The number of halogens is 1. The first-order chi connectivity index (χ1) is 16.9. The van der Waals surface area contributed by atoms with Gasteiger partial charge in [0, 0.05) is 31.7 Å². The number of benzene rings is 1. The SMILES string of the molecule is C[C@]12CC(CCl)C3c4ccc(O)cc4CC[C@H]3[C@@H]1CCC2(O)C#C[C]1[CH][CH][CH][CH]1.[C-]#[O+].[C-]#[O+].[C-]#[O+].[Re]. The molecule has 0 aliphatic heterocycles. The van der Waals surface area contributed by atoms with E-state index in [0.29, 0.717) is 35.3 Å². The zero-order valence-electron chi connectivity index (χ0n) is 20.0. The molecule has 0 saturated heterocycles. The van der Waals surface area contributed by atoms with Gasteiger partial charge in [-0.25, -0.2) is 0 Å². The number of rotatable bonds is 1. The molecule has 3 unspecified atom stereocenters. The molecule has 0 aromatic heterocycles. The summed E-state index contributed by atoms with van der Waals surface area (Å²) in [6, 6.07) is 5.86. The minimum absolute atomic E-state index is 0. The van der Waals surface area contributed by atoms with Crippen LogP contribution in [-0.4, -0.2) is 21.7 Å². The van der Waals surface area contributed by atoms with Crippen LogP contribution in [0.5, 0.6) is 5.75 Å². The number of hydrogen-bond acceptors (Lipinski definition) is 2. The van der Waals surface area contributed by atoms with E-state index in [4.69, 9.17) is 25.6 Å². The van der Waals surface area contributed by atoms with Crippen molar-refractivity contribution in [1.82, 2.24) is 0 Å². The van der Waals surface area contributed by atoms with Crippen LogP contribution in [0.3, 0.4) is 0 Å². The molecule has 3 saturated carbocycles. The predicted molar refractivity (Wildman–Crippen MR) is 127 cm³/mol. The van der Waals surface area contributed by atoms with E-state index in [1.54, 1.807) is 0 Å². The fourth-order valence-electron chi connectivity index (χ4n) is 6.86. The van der Waals surface area contributed by atoms with Crippen molar-refractivity contribution < 1.29 is 44.6 Å². The molecular formula is C29H28ClO5Re. The molecule has 5 nitrogen and oxygen atoms in total. The van der Waals surface area contributed by atoms with Crippen LogP contribution >= 0.6 is 11.6 Å². The Hall–Kier alpha value is -1.29. The van der Waals surface area contributed by atoms with Crippen LogP contribution in [0.15, 0.2) is 18.2 Å². The van der Waals surface area contributed by atoms with E-state index in [0.717, 1.165) is 38.0 Å². The Morgan fingerprint density at radius 1 is 1.08 bits per heavy atom. The molecule has 7 heteroatoms. The van der Waals surface area contributed by atoms with Gasteiger partial charge in [-0.1, -0.05) is 24.8 Å². The first-order valence-corrected chi connectivity index (χ1v) is 11.9. The summed E-state index contributed by atoms with van der Waals surface area (Å²) in [5.41, 5.74) is 1.44. The number of phenolic OH excluding ortho intramolecular Hbond substituents is 1. The minimum atomic E-state index is -0.959. The Morgan fingerprint density at radius 3 is 2.33 bits per heavy atom.